The predicted molar refractivity (Wildman–Crippen MR) is 60.1 cm³/mol. The Balaban J connectivity index is 0.000000791. The van der Waals surface area contributed by atoms with Crippen LogP contribution in [0.5, 0.6) is 0 Å². The molecule has 14 heavy (non-hydrogen) atoms. The van der Waals surface area contributed by atoms with Crippen molar-refractivity contribution in [3.63, 3.8) is 0 Å². The van der Waals surface area contributed by atoms with Crippen molar-refractivity contribution in [2.75, 3.05) is 5.32 Å². The summed E-state index contributed by atoms with van der Waals surface area (Å²) in [6.07, 6.45) is 0. The molecule has 1 aromatic rings. The van der Waals surface area contributed by atoms with Crippen molar-refractivity contribution in [2.45, 2.75) is 27.7 Å². The third-order valence-corrected chi connectivity index (χ3v) is 1.97. The Morgan fingerprint density at radius 3 is 1.93 bits per heavy atom. The second kappa shape index (κ2) is 7.15. The van der Waals surface area contributed by atoms with E-state index in [9.17, 15) is 0 Å². The Morgan fingerprint density at radius 1 is 1.14 bits per heavy atom. The molecule has 0 unspecified atom stereocenters. The van der Waals surface area contributed by atoms with Crippen LogP contribution in [0.15, 0.2) is 12.1 Å². The van der Waals surface area contributed by atoms with Crippen LogP contribution in [0.4, 0.5) is 5.69 Å². The molecule has 1 rings (SSSR count). The summed E-state index contributed by atoms with van der Waals surface area (Å²) in [6, 6.07) is 4.39. The second-order valence-corrected chi connectivity index (χ2v) is 3.21. The standard InChI is InChI=1S/C11H16N.ClH.Co/c1-5-12-11-9(3)6-8(2)7-10(11)4;;/h5-7,12H,1-4H3;1H;/q-1;;+2/p-1. The van der Waals surface area contributed by atoms with Crippen LogP contribution in [0.3, 0.4) is 0 Å². The maximum absolute atomic E-state index is 4.33. The second-order valence-electron chi connectivity index (χ2n) is 3.21. The molecule has 0 saturated carbocycles. The van der Waals surface area contributed by atoms with Gasteiger partial charge in [-0.25, -0.2) is 6.54 Å². The van der Waals surface area contributed by atoms with E-state index in [0.29, 0.717) is 0 Å². The number of hydrogen-bond donors (Lipinski definition) is 1. The van der Waals surface area contributed by atoms with Crippen molar-refractivity contribution in [1.82, 2.24) is 0 Å². The average molecular weight is 257 g/mol. The molecule has 0 atom stereocenters. The Hall–Kier alpha value is -0.184. The number of rotatable bonds is 2. The summed E-state index contributed by atoms with van der Waals surface area (Å²) in [5.74, 6) is 0. The molecule has 0 radical (unpaired) electrons. The van der Waals surface area contributed by atoms with Gasteiger partial charge in [-0.3, -0.25) is 0 Å². The van der Waals surface area contributed by atoms with E-state index in [-0.39, 0.29) is 0 Å². The van der Waals surface area contributed by atoms with Crippen molar-refractivity contribution in [3.05, 3.63) is 35.4 Å². The normalized spacial score (nSPS) is 9.00. The van der Waals surface area contributed by atoms with Crippen LogP contribution >= 0.6 is 10.1 Å². The van der Waals surface area contributed by atoms with Crippen LogP contribution in [0, 0.1) is 27.3 Å². The van der Waals surface area contributed by atoms with Gasteiger partial charge >= 0.3 is 25.0 Å². The summed E-state index contributed by atoms with van der Waals surface area (Å²) in [7, 11) is 4.33. The van der Waals surface area contributed by atoms with E-state index < -0.39 is 0 Å². The number of anilines is 1. The van der Waals surface area contributed by atoms with Gasteiger partial charge in [0.25, 0.3) is 0 Å². The number of aryl methyl sites for hydroxylation is 3. The molecule has 0 aromatic heterocycles. The molecule has 1 N–H and O–H groups in total. The van der Waals surface area contributed by atoms with Crippen molar-refractivity contribution in [1.29, 1.82) is 0 Å². The van der Waals surface area contributed by atoms with E-state index in [1.165, 1.54) is 22.4 Å². The van der Waals surface area contributed by atoms with Gasteiger partial charge in [-0.2, -0.15) is 6.92 Å². The summed E-state index contributed by atoms with van der Waals surface area (Å²) in [5, 5.41) is 3.25. The van der Waals surface area contributed by atoms with Crippen LogP contribution in [0.25, 0.3) is 0 Å². The summed E-state index contributed by atoms with van der Waals surface area (Å²) in [5.41, 5.74) is 5.19. The first-order chi connectivity index (χ1) is 6.65. The molecule has 0 spiro atoms. The molecule has 0 aliphatic heterocycles. The molecule has 0 saturated heterocycles. The summed E-state index contributed by atoms with van der Waals surface area (Å²) >= 11 is 3.03. The van der Waals surface area contributed by atoms with Crippen LogP contribution in [0.1, 0.15) is 23.6 Å². The molecule has 0 aliphatic carbocycles. The molecule has 0 amide bonds. The fraction of sp³-hybridized carbons (Fsp3) is 0.364. The van der Waals surface area contributed by atoms with Gasteiger partial charge < -0.3 is 5.32 Å². The Morgan fingerprint density at radius 2 is 1.57 bits per heavy atom. The Labute approximate surface area is 99.1 Å². The first kappa shape index (κ1) is 13.8. The van der Waals surface area contributed by atoms with Gasteiger partial charge in [0.2, 0.25) is 0 Å². The maximum atomic E-state index is 4.33. The van der Waals surface area contributed by atoms with E-state index in [0.717, 1.165) is 0 Å². The van der Waals surface area contributed by atoms with E-state index in [2.05, 4.69) is 63.2 Å². The van der Waals surface area contributed by atoms with Gasteiger partial charge in [-0.15, -0.1) is 0 Å². The van der Waals surface area contributed by atoms with Crippen molar-refractivity contribution in [3.8, 4) is 0 Å². The predicted octanol–water partition coefficient (Wildman–Crippen LogP) is 3.89. The van der Waals surface area contributed by atoms with Crippen LogP contribution in [-0.4, -0.2) is 0 Å². The number of hydrogen-bond acceptors (Lipinski definition) is 1. The molecule has 0 aliphatic rings. The van der Waals surface area contributed by atoms with Gasteiger partial charge in [-0.05, 0) is 31.9 Å². The monoisotopic (exact) mass is 256 g/mol. The van der Waals surface area contributed by atoms with Gasteiger partial charge in [0.15, 0.2) is 0 Å². The topological polar surface area (TPSA) is 12.0 Å². The van der Waals surface area contributed by atoms with Crippen molar-refractivity contribution in [2.24, 2.45) is 0 Å². The average Bonchev–Trinajstić information content (AvgIpc) is 2.14. The summed E-state index contributed by atoms with van der Waals surface area (Å²) in [6.45, 7) is 10.3. The first-order valence-corrected chi connectivity index (χ1v) is 5.83. The Bertz CT molecular complexity index is 264. The third kappa shape index (κ3) is 3.90. The van der Waals surface area contributed by atoms with Crippen LogP contribution in [0.2, 0.25) is 0 Å². The quantitative estimate of drug-likeness (QED) is 0.792. The molecule has 1 nitrogen and oxygen atoms in total. The zero-order valence-corrected chi connectivity index (χ0v) is 10.7. The Kier molecular flexibility index (Phi) is 7.06. The number of nitrogens with one attached hydrogen (secondary N) is 1. The minimum absolute atomic E-state index is 1.24. The summed E-state index contributed by atoms with van der Waals surface area (Å²) in [4.78, 5) is 0. The zero-order chi connectivity index (χ0) is 11.1. The van der Waals surface area contributed by atoms with Gasteiger partial charge in [-0.1, -0.05) is 17.7 Å². The van der Waals surface area contributed by atoms with Crippen molar-refractivity contribution >= 4 is 15.8 Å². The summed E-state index contributed by atoms with van der Waals surface area (Å²) < 4.78 is 0. The molecular formula is C11H16ClCoN. The van der Waals surface area contributed by atoms with E-state index in [4.69, 9.17) is 0 Å². The number of halogens is 1. The third-order valence-electron chi connectivity index (χ3n) is 1.97. The fourth-order valence-electron chi connectivity index (χ4n) is 1.55. The molecule has 0 fully saturated rings. The fourth-order valence-corrected chi connectivity index (χ4v) is 1.55. The van der Waals surface area contributed by atoms with E-state index in [1.807, 2.05) is 13.5 Å². The molecule has 3 heteroatoms. The molecule has 0 bridgehead atoms. The van der Waals surface area contributed by atoms with E-state index >= 15 is 0 Å². The molecule has 81 valence electrons. The minimum atomic E-state index is 1.24. The van der Waals surface area contributed by atoms with Crippen LogP contribution in [-0.2, 0) is 14.8 Å². The van der Waals surface area contributed by atoms with Gasteiger partial charge in [0.05, 0.1) is 0 Å². The SMILES string of the molecule is C[CH-]Nc1c(C)cc(C)cc1C.[Cl][Co+]. The molecule has 0 heterocycles. The molecule has 1 aromatic carbocycles. The zero-order valence-electron chi connectivity index (χ0n) is 8.94. The van der Waals surface area contributed by atoms with Crippen molar-refractivity contribution < 1.29 is 14.8 Å². The van der Waals surface area contributed by atoms with E-state index in [1.54, 1.807) is 0 Å². The van der Waals surface area contributed by atoms with Gasteiger partial charge in [0.1, 0.15) is 0 Å². The number of benzene rings is 1. The molecular weight excluding hydrogens is 241 g/mol. The first-order valence-electron chi connectivity index (χ1n) is 4.40. The van der Waals surface area contributed by atoms with Gasteiger partial charge in [0, 0.05) is 5.69 Å². The van der Waals surface area contributed by atoms with Crippen LogP contribution < -0.4 is 5.32 Å².